The zero-order valence-corrected chi connectivity index (χ0v) is 12.3. The summed E-state index contributed by atoms with van der Waals surface area (Å²) in [5.41, 5.74) is 1.42. The molecule has 1 aliphatic heterocycles. The van der Waals surface area contributed by atoms with Crippen molar-refractivity contribution < 1.29 is 4.74 Å². The van der Waals surface area contributed by atoms with Gasteiger partial charge in [-0.1, -0.05) is 50.1 Å². The van der Waals surface area contributed by atoms with Crippen molar-refractivity contribution in [1.29, 1.82) is 0 Å². The zero-order chi connectivity index (χ0) is 13.5. The third-order valence-electron chi connectivity index (χ3n) is 4.18. The van der Waals surface area contributed by atoms with Gasteiger partial charge < -0.3 is 10.1 Å². The Morgan fingerprint density at radius 2 is 2.11 bits per heavy atom. The van der Waals surface area contributed by atoms with E-state index in [9.17, 15) is 0 Å². The Bertz CT molecular complexity index is 346. The quantitative estimate of drug-likeness (QED) is 0.803. The Hall–Kier alpha value is -0.860. The van der Waals surface area contributed by atoms with Crippen molar-refractivity contribution in [3.8, 4) is 0 Å². The van der Waals surface area contributed by atoms with Gasteiger partial charge in [0.1, 0.15) is 0 Å². The average molecular weight is 261 g/mol. The SMILES string of the molecule is CCCCC(NC(C)C1CCOC1)c1ccccc1. The van der Waals surface area contributed by atoms with E-state index in [4.69, 9.17) is 4.74 Å². The molecule has 0 saturated carbocycles. The molecule has 2 rings (SSSR count). The predicted molar refractivity (Wildman–Crippen MR) is 80.2 cm³/mol. The van der Waals surface area contributed by atoms with E-state index < -0.39 is 0 Å². The van der Waals surface area contributed by atoms with Crippen LogP contribution in [0, 0.1) is 5.92 Å². The van der Waals surface area contributed by atoms with Gasteiger partial charge in [0.25, 0.3) is 0 Å². The summed E-state index contributed by atoms with van der Waals surface area (Å²) in [6.07, 6.45) is 4.95. The Balaban J connectivity index is 1.96. The van der Waals surface area contributed by atoms with E-state index in [2.05, 4.69) is 49.5 Å². The van der Waals surface area contributed by atoms with E-state index in [1.165, 1.54) is 31.2 Å². The van der Waals surface area contributed by atoms with Gasteiger partial charge >= 0.3 is 0 Å². The number of rotatable bonds is 7. The molecule has 2 heteroatoms. The molecule has 3 unspecified atom stereocenters. The van der Waals surface area contributed by atoms with Crippen molar-refractivity contribution in [3.63, 3.8) is 0 Å². The standard InChI is InChI=1S/C17H27NO/c1-3-4-10-17(15-8-6-5-7-9-15)18-14(2)16-11-12-19-13-16/h5-9,14,16-18H,3-4,10-13H2,1-2H3. The molecule has 1 fully saturated rings. The number of ether oxygens (including phenoxy) is 1. The summed E-state index contributed by atoms with van der Waals surface area (Å²) in [6.45, 7) is 6.42. The van der Waals surface area contributed by atoms with E-state index in [-0.39, 0.29) is 0 Å². The van der Waals surface area contributed by atoms with Gasteiger partial charge in [0.2, 0.25) is 0 Å². The zero-order valence-electron chi connectivity index (χ0n) is 12.3. The van der Waals surface area contributed by atoms with E-state index in [0.29, 0.717) is 18.0 Å². The maximum Gasteiger partial charge on any atom is 0.0509 e. The molecule has 1 N–H and O–H groups in total. The third kappa shape index (κ3) is 4.32. The van der Waals surface area contributed by atoms with Crippen LogP contribution in [-0.2, 0) is 4.74 Å². The summed E-state index contributed by atoms with van der Waals surface area (Å²) in [4.78, 5) is 0. The Morgan fingerprint density at radius 1 is 1.32 bits per heavy atom. The number of unbranched alkanes of at least 4 members (excludes halogenated alkanes) is 1. The van der Waals surface area contributed by atoms with Crippen molar-refractivity contribution >= 4 is 0 Å². The van der Waals surface area contributed by atoms with Crippen LogP contribution >= 0.6 is 0 Å². The van der Waals surface area contributed by atoms with Gasteiger partial charge in [-0.3, -0.25) is 0 Å². The molecule has 1 aromatic carbocycles. The summed E-state index contributed by atoms with van der Waals surface area (Å²) in [5, 5.41) is 3.83. The summed E-state index contributed by atoms with van der Waals surface area (Å²) < 4.78 is 5.51. The Kier molecular flexibility index (Phi) is 5.87. The second-order valence-corrected chi connectivity index (χ2v) is 5.68. The maximum absolute atomic E-state index is 5.51. The van der Waals surface area contributed by atoms with Gasteiger partial charge in [0, 0.05) is 18.7 Å². The number of benzene rings is 1. The Labute approximate surface area is 117 Å². The molecule has 1 aliphatic rings. The van der Waals surface area contributed by atoms with Crippen molar-refractivity contribution in [2.75, 3.05) is 13.2 Å². The lowest BCUT2D eigenvalue weighted by Crippen LogP contribution is -2.36. The molecule has 0 aliphatic carbocycles. The molecule has 0 radical (unpaired) electrons. The second-order valence-electron chi connectivity index (χ2n) is 5.68. The molecule has 0 spiro atoms. The lowest BCUT2D eigenvalue weighted by Gasteiger charge is -2.27. The van der Waals surface area contributed by atoms with Crippen LogP contribution in [0.15, 0.2) is 30.3 Å². The molecule has 3 atom stereocenters. The first-order chi connectivity index (χ1) is 9.31. The molecule has 2 nitrogen and oxygen atoms in total. The number of hydrogen-bond donors (Lipinski definition) is 1. The molecular formula is C17H27NO. The molecule has 1 saturated heterocycles. The summed E-state index contributed by atoms with van der Waals surface area (Å²) in [6, 6.07) is 11.9. The average Bonchev–Trinajstić information content (AvgIpc) is 2.98. The van der Waals surface area contributed by atoms with Crippen LogP contribution < -0.4 is 5.32 Å². The van der Waals surface area contributed by atoms with E-state index in [1.807, 2.05) is 0 Å². The van der Waals surface area contributed by atoms with Crippen molar-refractivity contribution in [3.05, 3.63) is 35.9 Å². The topological polar surface area (TPSA) is 21.3 Å². The van der Waals surface area contributed by atoms with Crippen LogP contribution in [0.3, 0.4) is 0 Å². The normalized spacial score (nSPS) is 22.3. The lowest BCUT2D eigenvalue weighted by atomic mass is 9.96. The molecule has 0 amide bonds. The molecule has 19 heavy (non-hydrogen) atoms. The number of hydrogen-bond acceptors (Lipinski definition) is 2. The van der Waals surface area contributed by atoms with Crippen LogP contribution in [-0.4, -0.2) is 19.3 Å². The summed E-state index contributed by atoms with van der Waals surface area (Å²) >= 11 is 0. The van der Waals surface area contributed by atoms with Crippen LogP contribution in [0.2, 0.25) is 0 Å². The van der Waals surface area contributed by atoms with Crippen LogP contribution in [0.5, 0.6) is 0 Å². The van der Waals surface area contributed by atoms with Crippen LogP contribution in [0.4, 0.5) is 0 Å². The highest BCUT2D eigenvalue weighted by Gasteiger charge is 2.24. The number of nitrogens with one attached hydrogen (secondary N) is 1. The van der Waals surface area contributed by atoms with Crippen molar-refractivity contribution in [2.24, 2.45) is 5.92 Å². The van der Waals surface area contributed by atoms with Gasteiger partial charge in [0.15, 0.2) is 0 Å². The molecule has 0 bridgehead atoms. The van der Waals surface area contributed by atoms with E-state index in [0.717, 1.165) is 13.2 Å². The summed E-state index contributed by atoms with van der Waals surface area (Å²) in [7, 11) is 0. The highest BCUT2D eigenvalue weighted by molar-refractivity contribution is 5.19. The molecular weight excluding hydrogens is 234 g/mol. The fraction of sp³-hybridized carbons (Fsp3) is 0.647. The monoisotopic (exact) mass is 261 g/mol. The lowest BCUT2D eigenvalue weighted by molar-refractivity contribution is 0.176. The van der Waals surface area contributed by atoms with Crippen LogP contribution in [0.1, 0.15) is 51.1 Å². The van der Waals surface area contributed by atoms with E-state index in [1.54, 1.807) is 0 Å². The minimum atomic E-state index is 0.483. The fourth-order valence-corrected chi connectivity index (χ4v) is 2.84. The van der Waals surface area contributed by atoms with Gasteiger partial charge in [-0.15, -0.1) is 0 Å². The van der Waals surface area contributed by atoms with Crippen LogP contribution in [0.25, 0.3) is 0 Å². The molecule has 0 aromatic heterocycles. The van der Waals surface area contributed by atoms with Crippen molar-refractivity contribution in [2.45, 2.75) is 51.6 Å². The predicted octanol–water partition coefficient (Wildman–Crippen LogP) is 3.93. The minimum absolute atomic E-state index is 0.483. The van der Waals surface area contributed by atoms with Gasteiger partial charge in [0.05, 0.1) is 6.61 Å². The third-order valence-corrected chi connectivity index (χ3v) is 4.18. The Morgan fingerprint density at radius 3 is 2.74 bits per heavy atom. The first-order valence-electron chi connectivity index (χ1n) is 7.70. The van der Waals surface area contributed by atoms with Crippen molar-refractivity contribution in [1.82, 2.24) is 5.32 Å². The second kappa shape index (κ2) is 7.66. The van der Waals surface area contributed by atoms with Gasteiger partial charge in [-0.05, 0) is 31.2 Å². The molecule has 106 valence electrons. The first-order valence-corrected chi connectivity index (χ1v) is 7.70. The molecule has 1 aromatic rings. The highest BCUT2D eigenvalue weighted by atomic mass is 16.5. The minimum Gasteiger partial charge on any atom is -0.381 e. The van der Waals surface area contributed by atoms with Gasteiger partial charge in [-0.25, -0.2) is 0 Å². The van der Waals surface area contributed by atoms with Gasteiger partial charge in [-0.2, -0.15) is 0 Å². The smallest absolute Gasteiger partial charge is 0.0509 e. The first kappa shape index (κ1) is 14.5. The summed E-state index contributed by atoms with van der Waals surface area (Å²) in [5.74, 6) is 0.674. The molecule has 1 heterocycles. The fourth-order valence-electron chi connectivity index (χ4n) is 2.84. The highest BCUT2D eigenvalue weighted by Crippen LogP contribution is 2.23. The van der Waals surface area contributed by atoms with E-state index >= 15 is 0 Å². The largest absolute Gasteiger partial charge is 0.381 e. The maximum atomic E-state index is 5.51.